The molecule has 6 heteroatoms. The van der Waals surface area contributed by atoms with Gasteiger partial charge in [-0.15, -0.1) is 0 Å². The standard InChI is InChI=1S/C22H26N4O2/c1-15(27)25(2)19-10-11-26(14-19)22(28)18-12-17-8-9-20(24-21(17)23-13-18)16-6-4-3-5-7-16/h3-7,12-13,19-20H,8-11,14H2,1-2H3,(H,23,24)/t19-,20?/m0/s1. The minimum Gasteiger partial charge on any atom is -0.363 e. The maximum absolute atomic E-state index is 12.9. The van der Waals surface area contributed by atoms with E-state index in [1.165, 1.54) is 5.56 Å². The third kappa shape index (κ3) is 3.59. The summed E-state index contributed by atoms with van der Waals surface area (Å²) in [5, 5.41) is 3.50. The van der Waals surface area contributed by atoms with Crippen molar-refractivity contribution < 1.29 is 9.59 Å². The molecule has 1 N–H and O–H groups in total. The van der Waals surface area contributed by atoms with Gasteiger partial charge in [0.2, 0.25) is 5.91 Å². The Morgan fingerprint density at radius 1 is 1.21 bits per heavy atom. The number of hydrogen-bond acceptors (Lipinski definition) is 4. The number of amides is 2. The molecule has 28 heavy (non-hydrogen) atoms. The Hall–Kier alpha value is -2.89. The Labute approximate surface area is 165 Å². The summed E-state index contributed by atoms with van der Waals surface area (Å²) in [6.45, 7) is 2.82. The molecular weight excluding hydrogens is 352 g/mol. The number of carbonyl (C=O) groups excluding carboxylic acids is 2. The van der Waals surface area contributed by atoms with Crippen LogP contribution >= 0.6 is 0 Å². The summed E-state index contributed by atoms with van der Waals surface area (Å²) < 4.78 is 0. The highest BCUT2D eigenvalue weighted by molar-refractivity contribution is 5.94. The third-order valence-corrected chi connectivity index (χ3v) is 5.92. The van der Waals surface area contributed by atoms with Crippen LogP contribution in [-0.4, -0.2) is 52.8 Å². The monoisotopic (exact) mass is 378 g/mol. The van der Waals surface area contributed by atoms with Gasteiger partial charge in [0.05, 0.1) is 17.6 Å². The molecule has 2 aromatic rings. The van der Waals surface area contributed by atoms with Crippen LogP contribution in [0.3, 0.4) is 0 Å². The molecule has 0 aliphatic carbocycles. The summed E-state index contributed by atoms with van der Waals surface area (Å²) in [4.78, 5) is 32.6. The third-order valence-electron chi connectivity index (χ3n) is 5.92. The van der Waals surface area contributed by atoms with Crippen molar-refractivity contribution >= 4 is 17.6 Å². The first-order chi connectivity index (χ1) is 13.5. The van der Waals surface area contributed by atoms with Gasteiger partial charge in [-0.2, -0.15) is 0 Å². The fourth-order valence-corrected chi connectivity index (χ4v) is 4.10. The number of likely N-dealkylation sites (N-methyl/N-ethyl adjacent to an activating group) is 1. The fraction of sp³-hybridized carbons (Fsp3) is 0.409. The van der Waals surface area contributed by atoms with Gasteiger partial charge in [-0.05, 0) is 36.5 Å². The quantitative estimate of drug-likeness (QED) is 0.892. The Kier molecular flexibility index (Phi) is 5.03. The average Bonchev–Trinajstić information content (AvgIpc) is 3.22. The second-order valence-electron chi connectivity index (χ2n) is 7.70. The first kappa shape index (κ1) is 18.5. The lowest BCUT2D eigenvalue weighted by Gasteiger charge is -2.27. The first-order valence-electron chi connectivity index (χ1n) is 9.86. The number of benzene rings is 1. The Bertz CT molecular complexity index is 883. The van der Waals surface area contributed by atoms with Crippen LogP contribution in [0.1, 0.15) is 47.3 Å². The summed E-state index contributed by atoms with van der Waals surface area (Å²) in [5.41, 5.74) is 2.98. The molecule has 4 rings (SSSR count). The van der Waals surface area contributed by atoms with Crippen LogP contribution in [0.2, 0.25) is 0 Å². The molecule has 2 amide bonds. The van der Waals surface area contributed by atoms with Gasteiger partial charge in [0.15, 0.2) is 0 Å². The molecule has 2 aliphatic heterocycles. The molecule has 146 valence electrons. The average molecular weight is 378 g/mol. The van der Waals surface area contributed by atoms with Crippen molar-refractivity contribution in [1.82, 2.24) is 14.8 Å². The highest BCUT2D eigenvalue weighted by Crippen LogP contribution is 2.32. The van der Waals surface area contributed by atoms with Crippen molar-refractivity contribution in [1.29, 1.82) is 0 Å². The molecule has 0 radical (unpaired) electrons. The summed E-state index contributed by atoms with van der Waals surface area (Å²) in [7, 11) is 1.80. The molecule has 1 aromatic carbocycles. The predicted molar refractivity (Wildman–Crippen MR) is 108 cm³/mol. The second-order valence-corrected chi connectivity index (χ2v) is 7.70. The van der Waals surface area contributed by atoms with Gasteiger partial charge in [-0.1, -0.05) is 30.3 Å². The van der Waals surface area contributed by atoms with Crippen molar-refractivity contribution in [2.75, 3.05) is 25.5 Å². The van der Waals surface area contributed by atoms with E-state index in [-0.39, 0.29) is 23.9 Å². The summed E-state index contributed by atoms with van der Waals surface area (Å²) in [6, 6.07) is 12.7. The van der Waals surface area contributed by atoms with Gasteiger partial charge in [-0.3, -0.25) is 9.59 Å². The topological polar surface area (TPSA) is 65.5 Å². The highest BCUT2D eigenvalue weighted by atomic mass is 16.2. The zero-order chi connectivity index (χ0) is 19.7. The zero-order valence-corrected chi connectivity index (χ0v) is 16.4. The molecule has 0 saturated carbocycles. The number of anilines is 1. The van der Waals surface area contributed by atoms with Crippen molar-refractivity contribution in [2.24, 2.45) is 0 Å². The number of carbonyl (C=O) groups is 2. The van der Waals surface area contributed by atoms with Gasteiger partial charge in [0.25, 0.3) is 5.91 Å². The number of hydrogen-bond donors (Lipinski definition) is 1. The van der Waals surface area contributed by atoms with E-state index in [1.54, 1.807) is 25.1 Å². The SMILES string of the molecule is CC(=O)N(C)[C@H]1CCN(C(=O)c2cnc3c(c2)CCC(c2ccccc2)N3)C1. The lowest BCUT2D eigenvalue weighted by atomic mass is 9.94. The smallest absolute Gasteiger partial charge is 0.255 e. The lowest BCUT2D eigenvalue weighted by Crippen LogP contribution is -2.39. The number of likely N-dealkylation sites (tertiary alicyclic amines) is 1. The molecule has 0 spiro atoms. The van der Waals surface area contributed by atoms with Crippen LogP contribution in [0, 0.1) is 0 Å². The van der Waals surface area contributed by atoms with Gasteiger partial charge < -0.3 is 15.1 Å². The van der Waals surface area contributed by atoms with Gasteiger partial charge in [-0.25, -0.2) is 4.98 Å². The summed E-state index contributed by atoms with van der Waals surface area (Å²) in [5.74, 6) is 0.904. The first-order valence-corrected chi connectivity index (χ1v) is 9.86. The lowest BCUT2D eigenvalue weighted by molar-refractivity contribution is -0.129. The van der Waals surface area contributed by atoms with Gasteiger partial charge >= 0.3 is 0 Å². The molecule has 1 saturated heterocycles. The van der Waals surface area contributed by atoms with Crippen LogP contribution in [0.25, 0.3) is 0 Å². The van der Waals surface area contributed by atoms with Crippen molar-refractivity contribution in [3.8, 4) is 0 Å². The van der Waals surface area contributed by atoms with Gasteiger partial charge in [0, 0.05) is 33.3 Å². The van der Waals surface area contributed by atoms with Crippen LogP contribution in [0.15, 0.2) is 42.6 Å². The van der Waals surface area contributed by atoms with E-state index in [0.717, 1.165) is 30.6 Å². The minimum absolute atomic E-state index is 0.0000603. The zero-order valence-electron chi connectivity index (χ0n) is 16.4. The Morgan fingerprint density at radius 3 is 2.75 bits per heavy atom. The minimum atomic E-state index is -0.0000603. The van der Waals surface area contributed by atoms with Gasteiger partial charge in [0.1, 0.15) is 5.82 Å². The molecule has 1 unspecified atom stereocenters. The van der Waals surface area contributed by atoms with Crippen molar-refractivity contribution in [3.63, 3.8) is 0 Å². The molecule has 2 atom stereocenters. The number of aromatic nitrogens is 1. The number of nitrogens with one attached hydrogen (secondary N) is 1. The second kappa shape index (κ2) is 7.62. The fourth-order valence-electron chi connectivity index (χ4n) is 4.10. The van der Waals surface area contributed by atoms with Crippen LogP contribution < -0.4 is 5.32 Å². The van der Waals surface area contributed by atoms with Crippen molar-refractivity contribution in [3.05, 3.63) is 59.3 Å². The van der Waals surface area contributed by atoms with E-state index >= 15 is 0 Å². The summed E-state index contributed by atoms with van der Waals surface area (Å²) >= 11 is 0. The largest absolute Gasteiger partial charge is 0.363 e. The number of nitrogens with zero attached hydrogens (tertiary/aromatic N) is 3. The molecule has 1 aromatic heterocycles. The van der Waals surface area contributed by atoms with E-state index in [1.807, 2.05) is 17.0 Å². The van der Waals surface area contributed by atoms with E-state index < -0.39 is 0 Å². The van der Waals surface area contributed by atoms with E-state index in [4.69, 9.17) is 0 Å². The predicted octanol–water partition coefficient (Wildman–Crippen LogP) is 2.87. The Morgan fingerprint density at radius 2 is 2.00 bits per heavy atom. The maximum atomic E-state index is 12.9. The van der Waals surface area contributed by atoms with Crippen LogP contribution in [0.4, 0.5) is 5.82 Å². The molecule has 6 nitrogen and oxygen atoms in total. The molecular formula is C22H26N4O2. The molecule has 2 aliphatic rings. The molecule has 1 fully saturated rings. The Balaban J connectivity index is 1.45. The normalized spacial score (nSPS) is 21.0. The van der Waals surface area contributed by atoms with Crippen molar-refractivity contribution in [2.45, 2.75) is 38.3 Å². The molecule has 3 heterocycles. The summed E-state index contributed by atoms with van der Waals surface area (Å²) in [6.07, 6.45) is 4.36. The van der Waals surface area contributed by atoms with E-state index in [9.17, 15) is 9.59 Å². The molecule has 0 bridgehead atoms. The van der Waals surface area contributed by atoms with Crippen LogP contribution in [0.5, 0.6) is 0 Å². The number of fused-ring (bicyclic) bond motifs is 1. The van der Waals surface area contributed by atoms with Crippen LogP contribution in [-0.2, 0) is 11.2 Å². The number of rotatable bonds is 3. The van der Waals surface area contributed by atoms with E-state index in [0.29, 0.717) is 18.7 Å². The highest BCUT2D eigenvalue weighted by Gasteiger charge is 2.31. The number of pyridine rings is 1. The van der Waals surface area contributed by atoms with E-state index in [2.05, 4.69) is 34.6 Å². The maximum Gasteiger partial charge on any atom is 0.255 e. The number of aryl methyl sites for hydroxylation is 1.